The molecule has 122 valence electrons. The summed E-state index contributed by atoms with van der Waals surface area (Å²) in [5, 5.41) is 12.6. The first-order valence-corrected chi connectivity index (χ1v) is 7.05. The summed E-state index contributed by atoms with van der Waals surface area (Å²) in [7, 11) is 3.46. The molecule has 0 fully saturated rings. The van der Waals surface area contributed by atoms with Crippen LogP contribution in [0.1, 0.15) is 5.69 Å². The lowest BCUT2D eigenvalue weighted by atomic mass is 10.3. The van der Waals surface area contributed by atoms with Crippen molar-refractivity contribution in [2.75, 3.05) is 18.9 Å². The van der Waals surface area contributed by atoms with Gasteiger partial charge in [-0.25, -0.2) is 4.39 Å². The Hall–Kier alpha value is -2.90. The van der Waals surface area contributed by atoms with Crippen LogP contribution in [0, 0.1) is 5.82 Å². The van der Waals surface area contributed by atoms with Gasteiger partial charge in [0.1, 0.15) is 5.82 Å². The van der Waals surface area contributed by atoms with Crippen molar-refractivity contribution in [2.45, 2.75) is 6.54 Å². The Kier molecular flexibility index (Phi) is 5.67. The average Bonchev–Trinajstić information content (AvgIpc) is 2.93. The summed E-state index contributed by atoms with van der Waals surface area (Å²) in [6, 6.07) is 7.62. The Balaban J connectivity index is 1.78. The number of guanidine groups is 1. The number of aromatic nitrogens is 2. The highest BCUT2D eigenvalue weighted by Gasteiger charge is 2.06. The van der Waals surface area contributed by atoms with E-state index in [4.69, 9.17) is 0 Å². The lowest BCUT2D eigenvalue weighted by Crippen LogP contribution is -2.41. The maximum Gasteiger partial charge on any atom is 0.243 e. The molecule has 3 N–H and O–H groups in total. The molecular formula is C15H19FN6O. The lowest BCUT2D eigenvalue weighted by molar-refractivity contribution is -0.115. The molecule has 0 saturated carbocycles. The van der Waals surface area contributed by atoms with E-state index in [9.17, 15) is 9.18 Å². The van der Waals surface area contributed by atoms with Crippen LogP contribution in [0.2, 0.25) is 0 Å². The molecule has 2 aromatic rings. The number of rotatable bonds is 5. The molecule has 1 aromatic heterocycles. The normalized spacial score (nSPS) is 11.2. The largest absolute Gasteiger partial charge is 0.351 e. The number of aryl methyl sites for hydroxylation is 1. The first kappa shape index (κ1) is 16.5. The first-order chi connectivity index (χ1) is 11.1. The lowest BCUT2D eigenvalue weighted by Gasteiger charge is -2.12. The number of nitrogens with zero attached hydrogens (tertiary/aromatic N) is 3. The molecule has 0 saturated heterocycles. The molecule has 8 heteroatoms. The smallest absolute Gasteiger partial charge is 0.243 e. The van der Waals surface area contributed by atoms with Crippen LogP contribution >= 0.6 is 0 Å². The van der Waals surface area contributed by atoms with Gasteiger partial charge in [-0.2, -0.15) is 5.10 Å². The summed E-state index contributed by atoms with van der Waals surface area (Å²) in [5.41, 5.74) is 1.40. The fourth-order valence-electron chi connectivity index (χ4n) is 1.91. The Bertz CT molecular complexity index is 697. The second-order valence-corrected chi connectivity index (χ2v) is 4.78. The van der Waals surface area contributed by atoms with Crippen molar-refractivity contribution in [3.05, 3.63) is 48.0 Å². The highest BCUT2D eigenvalue weighted by molar-refractivity contribution is 5.94. The Morgan fingerprint density at radius 3 is 2.83 bits per heavy atom. The Morgan fingerprint density at radius 1 is 1.35 bits per heavy atom. The van der Waals surface area contributed by atoms with Crippen molar-refractivity contribution < 1.29 is 9.18 Å². The van der Waals surface area contributed by atoms with Crippen molar-refractivity contribution in [3.63, 3.8) is 0 Å². The van der Waals surface area contributed by atoms with Crippen LogP contribution in [0.25, 0.3) is 0 Å². The van der Waals surface area contributed by atoms with Gasteiger partial charge in [0.25, 0.3) is 0 Å². The Morgan fingerprint density at radius 2 is 2.17 bits per heavy atom. The summed E-state index contributed by atoms with van der Waals surface area (Å²) in [6.07, 6.45) is 1.71. The van der Waals surface area contributed by atoms with Gasteiger partial charge in [0.15, 0.2) is 5.96 Å². The number of hydrogen-bond donors (Lipinski definition) is 3. The number of aliphatic imine (C=N–C) groups is 1. The number of amides is 1. The fourth-order valence-corrected chi connectivity index (χ4v) is 1.91. The summed E-state index contributed by atoms with van der Waals surface area (Å²) in [6.45, 7) is 0.545. The zero-order valence-electron chi connectivity index (χ0n) is 13.0. The van der Waals surface area contributed by atoms with Crippen LogP contribution in [0.15, 0.2) is 41.5 Å². The third kappa shape index (κ3) is 5.10. The quantitative estimate of drug-likeness (QED) is 0.564. The minimum atomic E-state index is -0.399. The molecule has 0 spiro atoms. The van der Waals surface area contributed by atoms with E-state index in [1.165, 1.54) is 18.2 Å². The zero-order chi connectivity index (χ0) is 16.7. The minimum absolute atomic E-state index is 0.0154. The summed E-state index contributed by atoms with van der Waals surface area (Å²) >= 11 is 0. The van der Waals surface area contributed by atoms with E-state index < -0.39 is 5.82 Å². The third-order valence-electron chi connectivity index (χ3n) is 3.11. The van der Waals surface area contributed by atoms with Crippen LogP contribution in [0.3, 0.4) is 0 Å². The second-order valence-electron chi connectivity index (χ2n) is 4.78. The number of benzene rings is 1. The monoisotopic (exact) mass is 318 g/mol. The Labute approximate surface area is 133 Å². The fraction of sp³-hybridized carbons (Fsp3) is 0.267. The van der Waals surface area contributed by atoms with E-state index in [1.807, 2.05) is 13.1 Å². The van der Waals surface area contributed by atoms with Crippen molar-refractivity contribution in [2.24, 2.45) is 12.0 Å². The van der Waals surface area contributed by atoms with Gasteiger partial charge >= 0.3 is 0 Å². The van der Waals surface area contributed by atoms with Crippen LogP contribution in [-0.2, 0) is 18.4 Å². The number of carbonyl (C=O) groups excluding carboxylic acids is 1. The zero-order valence-corrected chi connectivity index (χ0v) is 13.0. The van der Waals surface area contributed by atoms with Crippen LogP contribution in [0.5, 0.6) is 0 Å². The van der Waals surface area contributed by atoms with Crippen molar-refractivity contribution in [3.8, 4) is 0 Å². The number of hydrogen-bond acceptors (Lipinski definition) is 3. The molecule has 1 aromatic carbocycles. The SMILES string of the molecule is CN=C(NCC(=O)Nc1cccc(F)c1)NCc1ccnn1C. The van der Waals surface area contributed by atoms with Gasteiger partial charge in [0.2, 0.25) is 5.91 Å². The second kappa shape index (κ2) is 7.92. The van der Waals surface area contributed by atoms with Crippen molar-refractivity contribution >= 4 is 17.6 Å². The molecule has 2 rings (SSSR count). The number of nitrogens with one attached hydrogen (secondary N) is 3. The molecule has 0 radical (unpaired) electrons. The van der Waals surface area contributed by atoms with E-state index in [0.717, 1.165) is 5.69 Å². The molecule has 0 aliphatic carbocycles. The molecule has 0 bridgehead atoms. The minimum Gasteiger partial charge on any atom is -0.351 e. The van der Waals surface area contributed by atoms with Crippen molar-refractivity contribution in [1.82, 2.24) is 20.4 Å². The summed E-state index contributed by atoms with van der Waals surface area (Å²) < 4.78 is 14.8. The molecular weight excluding hydrogens is 299 g/mol. The molecule has 0 aliphatic rings. The van der Waals surface area contributed by atoms with Gasteiger partial charge in [0, 0.05) is 26.0 Å². The number of anilines is 1. The van der Waals surface area contributed by atoms with Gasteiger partial charge in [-0.15, -0.1) is 0 Å². The highest BCUT2D eigenvalue weighted by atomic mass is 19.1. The third-order valence-corrected chi connectivity index (χ3v) is 3.11. The van der Waals surface area contributed by atoms with Crippen molar-refractivity contribution in [1.29, 1.82) is 0 Å². The van der Waals surface area contributed by atoms with E-state index >= 15 is 0 Å². The van der Waals surface area contributed by atoms with E-state index in [-0.39, 0.29) is 12.5 Å². The first-order valence-electron chi connectivity index (χ1n) is 7.05. The average molecular weight is 318 g/mol. The number of halogens is 1. The highest BCUT2D eigenvalue weighted by Crippen LogP contribution is 2.08. The van der Waals surface area contributed by atoms with Gasteiger partial charge in [-0.3, -0.25) is 14.5 Å². The molecule has 23 heavy (non-hydrogen) atoms. The predicted octanol–water partition coefficient (Wildman–Crippen LogP) is 0.863. The summed E-state index contributed by atoms with van der Waals surface area (Å²) in [4.78, 5) is 15.9. The van der Waals surface area contributed by atoms with E-state index in [1.54, 1.807) is 24.0 Å². The van der Waals surface area contributed by atoms with Crippen LogP contribution < -0.4 is 16.0 Å². The van der Waals surface area contributed by atoms with Crippen LogP contribution in [-0.4, -0.2) is 35.2 Å². The molecule has 1 amide bonds. The van der Waals surface area contributed by atoms with Gasteiger partial charge < -0.3 is 16.0 Å². The van der Waals surface area contributed by atoms with Gasteiger partial charge in [0.05, 0.1) is 18.8 Å². The maximum atomic E-state index is 13.1. The van der Waals surface area contributed by atoms with Crippen LogP contribution in [0.4, 0.5) is 10.1 Å². The molecule has 0 atom stereocenters. The molecule has 0 aliphatic heterocycles. The summed E-state index contributed by atoms with van der Waals surface area (Å²) in [5.74, 6) is -0.205. The van der Waals surface area contributed by atoms with E-state index in [2.05, 4.69) is 26.0 Å². The van der Waals surface area contributed by atoms with Gasteiger partial charge in [-0.1, -0.05) is 6.07 Å². The molecule has 7 nitrogen and oxygen atoms in total. The molecule has 0 unspecified atom stereocenters. The predicted molar refractivity (Wildman–Crippen MR) is 86.4 cm³/mol. The molecule has 1 heterocycles. The number of carbonyl (C=O) groups is 1. The van der Waals surface area contributed by atoms with E-state index in [0.29, 0.717) is 18.2 Å². The standard InChI is InChI=1S/C15H19FN6O/c1-17-15(18-9-13-6-7-20-22(13)2)19-10-14(23)21-12-5-3-4-11(16)8-12/h3-8H,9-10H2,1-2H3,(H,21,23)(H2,17,18,19). The van der Waals surface area contributed by atoms with Gasteiger partial charge in [-0.05, 0) is 24.3 Å². The maximum absolute atomic E-state index is 13.1. The topological polar surface area (TPSA) is 83.3 Å².